The van der Waals surface area contributed by atoms with Crippen LogP contribution >= 0.6 is 0 Å². The van der Waals surface area contributed by atoms with E-state index in [0.717, 1.165) is 12.8 Å². The van der Waals surface area contributed by atoms with E-state index in [1.54, 1.807) is 0 Å². The third kappa shape index (κ3) is 2.73. The van der Waals surface area contributed by atoms with Gasteiger partial charge in [0.15, 0.2) is 0 Å². The van der Waals surface area contributed by atoms with Crippen molar-refractivity contribution in [3.8, 4) is 0 Å². The van der Waals surface area contributed by atoms with E-state index in [1.807, 2.05) is 35.8 Å². The summed E-state index contributed by atoms with van der Waals surface area (Å²) in [6.07, 6.45) is 3.36. The van der Waals surface area contributed by atoms with Crippen LogP contribution in [0, 0.1) is 0 Å². The molecule has 1 aromatic carbocycles. The Labute approximate surface area is 150 Å². The van der Waals surface area contributed by atoms with E-state index in [0.29, 0.717) is 17.9 Å². The number of pyridine rings is 2. The lowest BCUT2D eigenvalue weighted by Gasteiger charge is -2.15. The largest absolute Gasteiger partial charge is 0.367 e. The standard InChI is InChI=1S/C20H20N4O2/c1-2-24-11-15(20(21)26)19(25)18-16(24)7-8-17(23-18)22-14-9-12-5-3-4-6-13(12)10-14/h3-8,11,14H,2,9-10H2,1H3,(H2,21,26)(H,22,23). The number of amides is 1. The summed E-state index contributed by atoms with van der Waals surface area (Å²) in [6, 6.07) is 12.4. The monoisotopic (exact) mass is 348 g/mol. The van der Waals surface area contributed by atoms with Crippen LogP contribution in [0.3, 0.4) is 0 Å². The van der Waals surface area contributed by atoms with Crippen molar-refractivity contribution in [3.05, 3.63) is 69.5 Å². The summed E-state index contributed by atoms with van der Waals surface area (Å²) < 4.78 is 1.82. The number of benzene rings is 1. The van der Waals surface area contributed by atoms with Gasteiger partial charge in [0.05, 0.1) is 5.52 Å². The maximum atomic E-state index is 12.6. The zero-order chi connectivity index (χ0) is 18.3. The predicted octanol–water partition coefficient (Wildman–Crippen LogP) is 2.09. The maximum absolute atomic E-state index is 12.6. The number of fused-ring (bicyclic) bond motifs is 2. The second-order valence-electron chi connectivity index (χ2n) is 6.60. The van der Waals surface area contributed by atoms with Gasteiger partial charge in [-0.05, 0) is 43.0 Å². The van der Waals surface area contributed by atoms with Crippen molar-refractivity contribution in [2.24, 2.45) is 5.73 Å². The molecule has 132 valence electrons. The van der Waals surface area contributed by atoms with Gasteiger partial charge in [0.25, 0.3) is 5.91 Å². The molecule has 0 fully saturated rings. The molecule has 26 heavy (non-hydrogen) atoms. The number of hydrogen-bond acceptors (Lipinski definition) is 4. The highest BCUT2D eigenvalue weighted by Gasteiger charge is 2.21. The van der Waals surface area contributed by atoms with Gasteiger partial charge >= 0.3 is 0 Å². The van der Waals surface area contributed by atoms with Gasteiger partial charge in [0.2, 0.25) is 5.43 Å². The molecule has 1 aliphatic carbocycles. The van der Waals surface area contributed by atoms with Crippen molar-refractivity contribution in [2.45, 2.75) is 32.4 Å². The topological polar surface area (TPSA) is 90.0 Å². The number of aromatic nitrogens is 2. The molecular weight excluding hydrogens is 328 g/mol. The molecule has 2 heterocycles. The first-order valence-corrected chi connectivity index (χ1v) is 8.74. The van der Waals surface area contributed by atoms with Crippen molar-refractivity contribution in [2.75, 3.05) is 5.32 Å². The van der Waals surface area contributed by atoms with Crippen LogP contribution in [0.25, 0.3) is 11.0 Å². The molecule has 1 amide bonds. The molecule has 1 aliphatic rings. The average molecular weight is 348 g/mol. The Morgan fingerprint density at radius 3 is 2.54 bits per heavy atom. The molecule has 0 spiro atoms. The summed E-state index contributed by atoms with van der Waals surface area (Å²) in [4.78, 5) is 28.7. The molecule has 0 atom stereocenters. The molecule has 3 aromatic rings. The minimum atomic E-state index is -0.731. The number of anilines is 1. The zero-order valence-corrected chi connectivity index (χ0v) is 14.5. The third-order valence-electron chi connectivity index (χ3n) is 4.94. The van der Waals surface area contributed by atoms with Crippen LogP contribution in [-0.2, 0) is 19.4 Å². The molecule has 4 rings (SSSR count). The van der Waals surface area contributed by atoms with E-state index < -0.39 is 11.3 Å². The number of nitrogens with one attached hydrogen (secondary N) is 1. The number of aryl methyl sites for hydroxylation is 1. The summed E-state index contributed by atoms with van der Waals surface area (Å²) in [6.45, 7) is 2.56. The smallest absolute Gasteiger partial charge is 0.254 e. The highest BCUT2D eigenvalue weighted by atomic mass is 16.2. The predicted molar refractivity (Wildman–Crippen MR) is 101 cm³/mol. The molecule has 3 N–H and O–H groups in total. The molecule has 0 unspecified atom stereocenters. The summed E-state index contributed by atoms with van der Waals surface area (Å²) in [7, 11) is 0. The van der Waals surface area contributed by atoms with Gasteiger partial charge in [-0.2, -0.15) is 0 Å². The molecule has 6 nitrogen and oxygen atoms in total. The third-order valence-corrected chi connectivity index (χ3v) is 4.94. The van der Waals surface area contributed by atoms with E-state index in [-0.39, 0.29) is 17.1 Å². The zero-order valence-electron chi connectivity index (χ0n) is 14.5. The molecule has 0 saturated heterocycles. The van der Waals surface area contributed by atoms with Gasteiger partial charge in [-0.3, -0.25) is 9.59 Å². The van der Waals surface area contributed by atoms with Crippen LogP contribution in [0.4, 0.5) is 5.82 Å². The molecule has 0 saturated carbocycles. The molecule has 6 heteroatoms. The van der Waals surface area contributed by atoms with Gasteiger partial charge in [-0.1, -0.05) is 24.3 Å². The number of nitrogens with zero attached hydrogens (tertiary/aromatic N) is 2. The average Bonchev–Trinajstić information content (AvgIpc) is 3.04. The van der Waals surface area contributed by atoms with Gasteiger partial charge < -0.3 is 15.6 Å². The molecule has 0 bridgehead atoms. The Morgan fingerprint density at radius 1 is 1.23 bits per heavy atom. The molecule has 0 radical (unpaired) electrons. The van der Waals surface area contributed by atoms with E-state index in [1.165, 1.54) is 17.3 Å². The Hall–Kier alpha value is -3.15. The van der Waals surface area contributed by atoms with Gasteiger partial charge in [0, 0.05) is 18.8 Å². The number of carbonyl (C=O) groups excluding carboxylic acids is 1. The lowest BCUT2D eigenvalue weighted by molar-refractivity contribution is 0.0998. The van der Waals surface area contributed by atoms with E-state index >= 15 is 0 Å². The lowest BCUT2D eigenvalue weighted by atomic mass is 10.1. The number of nitrogens with two attached hydrogens (primary N) is 1. The first-order chi connectivity index (χ1) is 12.6. The SMILES string of the molecule is CCn1cc(C(N)=O)c(=O)c2nc(NC3Cc4ccccc4C3)ccc21. The van der Waals surface area contributed by atoms with Crippen LogP contribution in [-0.4, -0.2) is 21.5 Å². The van der Waals surface area contributed by atoms with Crippen molar-refractivity contribution in [1.82, 2.24) is 9.55 Å². The summed E-state index contributed by atoms with van der Waals surface area (Å²) in [5.41, 5.74) is 8.55. The second kappa shape index (κ2) is 6.29. The van der Waals surface area contributed by atoms with E-state index in [2.05, 4.69) is 22.4 Å². The van der Waals surface area contributed by atoms with Crippen molar-refractivity contribution >= 4 is 22.8 Å². The quantitative estimate of drug-likeness (QED) is 0.755. The van der Waals surface area contributed by atoms with Crippen LogP contribution in [0.15, 0.2) is 47.4 Å². The molecule has 2 aromatic heterocycles. The fourth-order valence-corrected chi connectivity index (χ4v) is 3.65. The summed E-state index contributed by atoms with van der Waals surface area (Å²) in [5.74, 6) is -0.0952. The van der Waals surface area contributed by atoms with Crippen LogP contribution in [0.5, 0.6) is 0 Å². The highest BCUT2D eigenvalue weighted by Crippen LogP contribution is 2.24. The van der Waals surface area contributed by atoms with E-state index in [9.17, 15) is 9.59 Å². The Kier molecular flexibility index (Phi) is 3.95. The Balaban J connectivity index is 1.71. The van der Waals surface area contributed by atoms with Crippen LogP contribution in [0.2, 0.25) is 0 Å². The van der Waals surface area contributed by atoms with Crippen molar-refractivity contribution in [3.63, 3.8) is 0 Å². The highest BCUT2D eigenvalue weighted by molar-refractivity contribution is 5.95. The number of carbonyl (C=O) groups is 1. The van der Waals surface area contributed by atoms with E-state index in [4.69, 9.17) is 5.73 Å². The fraction of sp³-hybridized carbons (Fsp3) is 0.250. The van der Waals surface area contributed by atoms with Gasteiger partial charge in [-0.25, -0.2) is 4.98 Å². The Bertz CT molecular complexity index is 1050. The second-order valence-corrected chi connectivity index (χ2v) is 6.60. The van der Waals surface area contributed by atoms with Gasteiger partial charge in [0.1, 0.15) is 16.9 Å². The first-order valence-electron chi connectivity index (χ1n) is 8.74. The summed E-state index contributed by atoms with van der Waals surface area (Å²) >= 11 is 0. The van der Waals surface area contributed by atoms with Crippen LogP contribution < -0.4 is 16.5 Å². The number of hydrogen-bond donors (Lipinski definition) is 2. The fourth-order valence-electron chi connectivity index (χ4n) is 3.65. The van der Waals surface area contributed by atoms with Gasteiger partial charge in [-0.15, -0.1) is 0 Å². The number of rotatable bonds is 4. The summed E-state index contributed by atoms with van der Waals surface area (Å²) in [5, 5.41) is 3.42. The normalized spacial score (nSPS) is 13.7. The van der Waals surface area contributed by atoms with Crippen LogP contribution in [0.1, 0.15) is 28.4 Å². The first kappa shape index (κ1) is 16.3. The Morgan fingerprint density at radius 2 is 1.92 bits per heavy atom. The maximum Gasteiger partial charge on any atom is 0.254 e. The van der Waals surface area contributed by atoms with Crippen molar-refractivity contribution in [1.29, 1.82) is 0 Å². The van der Waals surface area contributed by atoms with Crippen molar-refractivity contribution < 1.29 is 4.79 Å². The lowest BCUT2D eigenvalue weighted by Crippen LogP contribution is -2.25. The number of primary amides is 1. The molecular formula is C20H20N4O2. The molecule has 0 aliphatic heterocycles. The minimum Gasteiger partial charge on any atom is -0.367 e. The minimum absolute atomic E-state index is 0.0303.